The molecule has 0 aliphatic heterocycles. The molecule has 0 bridgehead atoms. The molecule has 1 atom stereocenters. The van der Waals surface area contributed by atoms with Crippen LogP contribution in [0.2, 0.25) is 0 Å². The molecule has 86 valence electrons. The Morgan fingerprint density at radius 2 is 2.27 bits per heavy atom. The maximum atomic E-state index is 9.87. The molecule has 0 aliphatic rings. The molecule has 3 nitrogen and oxygen atoms in total. The maximum Gasteiger partial charge on any atom is 0.133 e. The summed E-state index contributed by atoms with van der Waals surface area (Å²) in [6, 6.07) is 3.62. The van der Waals surface area contributed by atoms with Gasteiger partial charge in [-0.15, -0.1) is 0 Å². The fraction of sp³-hybridized carbons (Fsp3) is 0.667. The highest BCUT2D eigenvalue weighted by molar-refractivity contribution is 5.02. The van der Waals surface area contributed by atoms with Crippen molar-refractivity contribution in [2.75, 3.05) is 19.6 Å². The van der Waals surface area contributed by atoms with Crippen LogP contribution in [-0.2, 0) is 0 Å². The van der Waals surface area contributed by atoms with Gasteiger partial charge in [-0.2, -0.15) is 0 Å². The third-order valence-electron chi connectivity index (χ3n) is 2.58. The molecule has 0 aliphatic carbocycles. The Morgan fingerprint density at radius 3 is 2.80 bits per heavy atom. The molecule has 0 radical (unpaired) electrons. The highest BCUT2D eigenvalue weighted by atomic mass is 16.4. The number of aliphatic hydroxyl groups is 1. The second kappa shape index (κ2) is 6.64. The summed E-state index contributed by atoms with van der Waals surface area (Å²) in [6.07, 6.45) is 3.46. The zero-order valence-corrected chi connectivity index (χ0v) is 9.65. The minimum Gasteiger partial charge on any atom is -0.467 e. The topological polar surface area (TPSA) is 36.6 Å². The number of nitrogens with zero attached hydrogens (tertiary/aromatic N) is 1. The Hall–Kier alpha value is -0.800. The number of aliphatic hydroxyl groups excluding tert-OH is 1. The molecule has 0 saturated carbocycles. The largest absolute Gasteiger partial charge is 0.467 e. The van der Waals surface area contributed by atoms with Gasteiger partial charge in [0.1, 0.15) is 11.9 Å². The van der Waals surface area contributed by atoms with Crippen molar-refractivity contribution in [3.05, 3.63) is 24.2 Å². The van der Waals surface area contributed by atoms with Crippen molar-refractivity contribution < 1.29 is 9.52 Å². The SMILES string of the molecule is CCCCN(CC)CC(O)c1ccco1. The van der Waals surface area contributed by atoms with E-state index in [9.17, 15) is 5.11 Å². The van der Waals surface area contributed by atoms with Crippen LogP contribution in [0.15, 0.2) is 22.8 Å². The molecule has 0 fully saturated rings. The molecule has 15 heavy (non-hydrogen) atoms. The van der Waals surface area contributed by atoms with Gasteiger partial charge in [0.2, 0.25) is 0 Å². The average Bonchev–Trinajstić information content (AvgIpc) is 2.77. The van der Waals surface area contributed by atoms with Crippen LogP contribution in [0.4, 0.5) is 0 Å². The smallest absolute Gasteiger partial charge is 0.133 e. The summed E-state index contributed by atoms with van der Waals surface area (Å²) in [6.45, 7) is 6.97. The van der Waals surface area contributed by atoms with Gasteiger partial charge in [0.15, 0.2) is 0 Å². The van der Waals surface area contributed by atoms with E-state index < -0.39 is 6.10 Å². The molecule has 1 heterocycles. The predicted octanol–water partition coefficient (Wildman–Crippen LogP) is 2.44. The lowest BCUT2D eigenvalue weighted by Gasteiger charge is -2.22. The standard InChI is InChI=1S/C12H21NO2/c1-3-5-8-13(4-2)10-11(14)12-7-6-9-15-12/h6-7,9,11,14H,3-5,8,10H2,1-2H3. The van der Waals surface area contributed by atoms with E-state index >= 15 is 0 Å². The third-order valence-corrected chi connectivity index (χ3v) is 2.58. The minimum atomic E-state index is -0.503. The lowest BCUT2D eigenvalue weighted by Crippen LogP contribution is -2.29. The van der Waals surface area contributed by atoms with Gasteiger partial charge in [-0.25, -0.2) is 0 Å². The summed E-state index contributed by atoms with van der Waals surface area (Å²) >= 11 is 0. The van der Waals surface area contributed by atoms with Gasteiger partial charge in [0.25, 0.3) is 0 Å². The first-order valence-corrected chi connectivity index (χ1v) is 5.71. The van der Waals surface area contributed by atoms with Crippen molar-refractivity contribution in [1.82, 2.24) is 4.90 Å². The zero-order chi connectivity index (χ0) is 11.1. The summed E-state index contributed by atoms with van der Waals surface area (Å²) in [5, 5.41) is 9.87. The molecule has 0 amide bonds. The van der Waals surface area contributed by atoms with Gasteiger partial charge in [-0.1, -0.05) is 20.3 Å². The van der Waals surface area contributed by atoms with Gasteiger partial charge < -0.3 is 14.4 Å². The normalized spacial score (nSPS) is 13.3. The van der Waals surface area contributed by atoms with E-state index in [4.69, 9.17) is 4.42 Å². The predicted molar refractivity (Wildman–Crippen MR) is 60.7 cm³/mol. The first-order valence-electron chi connectivity index (χ1n) is 5.71. The summed E-state index contributed by atoms with van der Waals surface area (Å²) in [5.41, 5.74) is 0. The molecule has 1 unspecified atom stereocenters. The molecular weight excluding hydrogens is 190 g/mol. The fourth-order valence-corrected chi connectivity index (χ4v) is 1.58. The van der Waals surface area contributed by atoms with Gasteiger partial charge in [-0.05, 0) is 31.6 Å². The summed E-state index contributed by atoms with van der Waals surface area (Å²) in [7, 11) is 0. The van der Waals surface area contributed by atoms with Crippen LogP contribution in [0, 0.1) is 0 Å². The van der Waals surface area contributed by atoms with Gasteiger partial charge in [-0.3, -0.25) is 0 Å². The van der Waals surface area contributed by atoms with Crippen LogP contribution in [0.5, 0.6) is 0 Å². The second-order valence-corrected chi connectivity index (χ2v) is 3.78. The molecule has 1 aromatic heterocycles. The van der Waals surface area contributed by atoms with Crippen molar-refractivity contribution in [3.8, 4) is 0 Å². The number of hydrogen-bond donors (Lipinski definition) is 1. The van der Waals surface area contributed by atoms with Crippen LogP contribution in [0.3, 0.4) is 0 Å². The number of furan rings is 1. The van der Waals surface area contributed by atoms with E-state index in [0.29, 0.717) is 12.3 Å². The molecule has 0 spiro atoms. The Balaban J connectivity index is 2.37. The van der Waals surface area contributed by atoms with Crippen LogP contribution < -0.4 is 0 Å². The molecule has 0 saturated heterocycles. The quantitative estimate of drug-likeness (QED) is 0.752. The average molecular weight is 211 g/mol. The number of hydrogen-bond acceptors (Lipinski definition) is 3. The molecule has 1 rings (SSSR count). The van der Waals surface area contributed by atoms with E-state index in [2.05, 4.69) is 18.7 Å². The van der Waals surface area contributed by atoms with E-state index in [1.807, 2.05) is 6.07 Å². The first kappa shape index (κ1) is 12.3. The molecular formula is C12H21NO2. The van der Waals surface area contributed by atoms with Crippen LogP contribution in [0.25, 0.3) is 0 Å². The Bertz CT molecular complexity index is 246. The van der Waals surface area contributed by atoms with Gasteiger partial charge in [0.05, 0.1) is 6.26 Å². The van der Waals surface area contributed by atoms with Crippen LogP contribution in [0.1, 0.15) is 38.6 Å². The molecule has 3 heteroatoms. The molecule has 0 aromatic carbocycles. The number of likely N-dealkylation sites (N-methyl/N-ethyl adjacent to an activating group) is 1. The zero-order valence-electron chi connectivity index (χ0n) is 9.65. The van der Waals surface area contributed by atoms with E-state index in [-0.39, 0.29) is 0 Å². The fourth-order valence-electron chi connectivity index (χ4n) is 1.58. The van der Waals surface area contributed by atoms with Crippen molar-refractivity contribution in [1.29, 1.82) is 0 Å². The van der Waals surface area contributed by atoms with Crippen molar-refractivity contribution in [3.63, 3.8) is 0 Å². The van der Waals surface area contributed by atoms with Crippen molar-refractivity contribution in [2.24, 2.45) is 0 Å². The Morgan fingerprint density at radius 1 is 1.47 bits per heavy atom. The van der Waals surface area contributed by atoms with Crippen molar-refractivity contribution >= 4 is 0 Å². The van der Waals surface area contributed by atoms with Crippen molar-refractivity contribution in [2.45, 2.75) is 32.8 Å². The van der Waals surface area contributed by atoms with Gasteiger partial charge >= 0.3 is 0 Å². The van der Waals surface area contributed by atoms with E-state index in [1.54, 1.807) is 12.3 Å². The van der Waals surface area contributed by atoms with Gasteiger partial charge in [0, 0.05) is 6.54 Å². The van der Waals surface area contributed by atoms with E-state index in [1.165, 1.54) is 12.8 Å². The van der Waals surface area contributed by atoms with E-state index in [0.717, 1.165) is 13.1 Å². The number of unbranched alkanes of at least 4 members (excludes halogenated alkanes) is 1. The van der Waals surface area contributed by atoms with Crippen LogP contribution >= 0.6 is 0 Å². The second-order valence-electron chi connectivity index (χ2n) is 3.78. The Kier molecular flexibility index (Phi) is 5.43. The summed E-state index contributed by atoms with van der Waals surface area (Å²) in [4.78, 5) is 2.25. The monoisotopic (exact) mass is 211 g/mol. The summed E-state index contributed by atoms with van der Waals surface area (Å²) < 4.78 is 5.17. The first-order chi connectivity index (χ1) is 7.27. The lowest BCUT2D eigenvalue weighted by atomic mass is 10.2. The summed E-state index contributed by atoms with van der Waals surface area (Å²) in [5.74, 6) is 0.657. The number of rotatable bonds is 7. The van der Waals surface area contributed by atoms with Crippen LogP contribution in [-0.4, -0.2) is 29.6 Å². The Labute approximate surface area is 91.7 Å². The third kappa shape index (κ3) is 4.06. The minimum absolute atomic E-state index is 0.503. The highest BCUT2D eigenvalue weighted by Gasteiger charge is 2.13. The highest BCUT2D eigenvalue weighted by Crippen LogP contribution is 2.14. The maximum absolute atomic E-state index is 9.87. The lowest BCUT2D eigenvalue weighted by molar-refractivity contribution is 0.0961. The molecule has 1 N–H and O–H groups in total. The molecule has 1 aromatic rings.